The second kappa shape index (κ2) is 9.05. The van der Waals surface area contributed by atoms with Gasteiger partial charge >= 0.3 is 0 Å². The average Bonchev–Trinajstić information content (AvgIpc) is 2.15. The Morgan fingerprint density at radius 1 is 1.29 bits per heavy atom. The van der Waals surface area contributed by atoms with Gasteiger partial charge in [-0.2, -0.15) is 0 Å². The minimum Gasteiger partial charge on any atom is -0.100 e. The van der Waals surface area contributed by atoms with Gasteiger partial charge in [-0.15, -0.1) is 6.58 Å². The fourth-order valence-electron chi connectivity index (χ4n) is 1.33. The molecule has 0 aromatic rings. The van der Waals surface area contributed by atoms with Crippen LogP contribution in [0.5, 0.6) is 0 Å². The minimum atomic E-state index is 0.755. The number of allylic oxidation sites excluding steroid dienone is 3. The highest BCUT2D eigenvalue weighted by Crippen LogP contribution is 2.09. The van der Waals surface area contributed by atoms with Crippen LogP contribution in [0.2, 0.25) is 0 Å². The first-order chi connectivity index (χ1) is 6.66. The quantitative estimate of drug-likeness (QED) is 0.372. The summed E-state index contributed by atoms with van der Waals surface area (Å²) in [6, 6.07) is 0. The molecule has 0 aliphatic heterocycles. The van der Waals surface area contributed by atoms with E-state index in [1.165, 1.54) is 44.1 Å². The van der Waals surface area contributed by atoms with Crippen molar-refractivity contribution in [2.75, 3.05) is 0 Å². The van der Waals surface area contributed by atoms with Crippen molar-refractivity contribution in [1.29, 1.82) is 0 Å². The van der Waals surface area contributed by atoms with E-state index in [2.05, 4.69) is 39.5 Å². The Balaban J connectivity index is 3.21. The molecule has 0 aromatic carbocycles. The summed E-state index contributed by atoms with van der Waals surface area (Å²) < 4.78 is 0. The van der Waals surface area contributed by atoms with E-state index in [4.69, 9.17) is 0 Å². The van der Waals surface area contributed by atoms with Crippen LogP contribution in [0.3, 0.4) is 0 Å². The minimum absolute atomic E-state index is 0.755. The zero-order chi connectivity index (χ0) is 10.8. The van der Waals surface area contributed by atoms with Crippen molar-refractivity contribution in [2.45, 2.75) is 59.3 Å². The first-order valence-corrected chi connectivity index (χ1v) is 5.97. The van der Waals surface area contributed by atoms with Crippen LogP contribution in [0, 0.1) is 5.92 Å². The summed E-state index contributed by atoms with van der Waals surface area (Å²) in [5.74, 6) is 0.755. The summed E-state index contributed by atoms with van der Waals surface area (Å²) in [6.07, 6.45) is 12.4. The van der Waals surface area contributed by atoms with Crippen molar-refractivity contribution >= 4 is 0 Å². The lowest BCUT2D eigenvalue weighted by Crippen LogP contribution is -1.84. The van der Waals surface area contributed by atoms with Crippen LogP contribution in [-0.2, 0) is 0 Å². The highest BCUT2D eigenvalue weighted by Gasteiger charge is 1.91. The molecule has 0 saturated carbocycles. The van der Waals surface area contributed by atoms with Crippen LogP contribution in [0.15, 0.2) is 24.3 Å². The van der Waals surface area contributed by atoms with E-state index >= 15 is 0 Å². The van der Waals surface area contributed by atoms with E-state index in [9.17, 15) is 0 Å². The van der Waals surface area contributed by atoms with Gasteiger partial charge in [0.15, 0.2) is 0 Å². The summed E-state index contributed by atoms with van der Waals surface area (Å²) in [5, 5.41) is 0. The van der Waals surface area contributed by atoms with Gasteiger partial charge in [-0.25, -0.2) is 0 Å². The maximum Gasteiger partial charge on any atom is -0.0265 e. The topological polar surface area (TPSA) is 0 Å². The smallest absolute Gasteiger partial charge is 0.0265 e. The number of unbranched alkanes of at least 4 members (excludes halogenated alkanes) is 3. The SMILES string of the molecule is C=C(C)CCCCCC=CC(C)CC. The molecule has 0 aromatic heterocycles. The zero-order valence-corrected chi connectivity index (χ0v) is 10.2. The Labute approximate surface area is 90.1 Å². The lowest BCUT2D eigenvalue weighted by atomic mass is 10.1. The monoisotopic (exact) mass is 194 g/mol. The van der Waals surface area contributed by atoms with Crippen LogP contribution in [0.1, 0.15) is 59.3 Å². The normalized spacial score (nSPS) is 13.4. The van der Waals surface area contributed by atoms with E-state index in [1.807, 2.05) is 0 Å². The lowest BCUT2D eigenvalue weighted by molar-refractivity contribution is 0.670. The predicted octanol–water partition coefficient (Wildman–Crippen LogP) is 5.12. The largest absolute Gasteiger partial charge is 0.100 e. The Hall–Kier alpha value is -0.520. The summed E-state index contributed by atoms with van der Waals surface area (Å²) in [5.41, 5.74) is 1.32. The van der Waals surface area contributed by atoms with Gasteiger partial charge in [0.1, 0.15) is 0 Å². The van der Waals surface area contributed by atoms with Gasteiger partial charge in [0, 0.05) is 0 Å². The van der Waals surface area contributed by atoms with E-state index < -0.39 is 0 Å². The third-order valence-electron chi connectivity index (χ3n) is 2.58. The molecule has 0 aliphatic rings. The number of hydrogen-bond donors (Lipinski definition) is 0. The molecule has 0 spiro atoms. The molecule has 0 N–H and O–H groups in total. The first-order valence-electron chi connectivity index (χ1n) is 5.97. The average molecular weight is 194 g/mol. The van der Waals surface area contributed by atoms with Crippen molar-refractivity contribution in [3.63, 3.8) is 0 Å². The molecular formula is C14H26. The van der Waals surface area contributed by atoms with E-state index in [-0.39, 0.29) is 0 Å². The standard InChI is InChI=1S/C14H26/c1-5-14(4)12-10-8-6-7-9-11-13(2)3/h10,12,14H,2,5-9,11H2,1,3-4H3. The molecular weight excluding hydrogens is 168 g/mol. The van der Waals surface area contributed by atoms with Crippen molar-refractivity contribution < 1.29 is 0 Å². The zero-order valence-electron chi connectivity index (χ0n) is 10.2. The van der Waals surface area contributed by atoms with Crippen LogP contribution in [0.25, 0.3) is 0 Å². The summed E-state index contributed by atoms with van der Waals surface area (Å²) >= 11 is 0. The van der Waals surface area contributed by atoms with Gasteiger partial charge in [0.25, 0.3) is 0 Å². The number of rotatable bonds is 8. The molecule has 0 rings (SSSR count). The molecule has 0 heteroatoms. The van der Waals surface area contributed by atoms with E-state index in [0.29, 0.717) is 0 Å². The molecule has 0 nitrogen and oxygen atoms in total. The summed E-state index contributed by atoms with van der Waals surface area (Å²) in [4.78, 5) is 0. The molecule has 14 heavy (non-hydrogen) atoms. The van der Waals surface area contributed by atoms with Gasteiger partial charge in [-0.05, 0) is 38.5 Å². The Bertz CT molecular complexity index is 165. The molecule has 0 fully saturated rings. The van der Waals surface area contributed by atoms with Crippen LogP contribution >= 0.6 is 0 Å². The van der Waals surface area contributed by atoms with Crippen LogP contribution in [-0.4, -0.2) is 0 Å². The molecule has 0 saturated heterocycles. The lowest BCUT2D eigenvalue weighted by Gasteiger charge is -2.00. The Kier molecular flexibility index (Phi) is 8.72. The van der Waals surface area contributed by atoms with Crippen molar-refractivity contribution in [2.24, 2.45) is 5.92 Å². The van der Waals surface area contributed by atoms with Crippen LogP contribution in [0.4, 0.5) is 0 Å². The van der Waals surface area contributed by atoms with E-state index in [0.717, 1.165) is 5.92 Å². The highest BCUT2D eigenvalue weighted by atomic mass is 14.0. The molecule has 0 bridgehead atoms. The van der Waals surface area contributed by atoms with Gasteiger partial charge < -0.3 is 0 Å². The fourth-order valence-corrected chi connectivity index (χ4v) is 1.33. The molecule has 82 valence electrons. The van der Waals surface area contributed by atoms with Gasteiger partial charge in [-0.1, -0.05) is 44.4 Å². The fraction of sp³-hybridized carbons (Fsp3) is 0.714. The molecule has 0 heterocycles. The second-order valence-electron chi connectivity index (χ2n) is 4.37. The maximum absolute atomic E-state index is 3.91. The van der Waals surface area contributed by atoms with E-state index in [1.54, 1.807) is 0 Å². The maximum atomic E-state index is 3.91. The van der Waals surface area contributed by atoms with Crippen molar-refractivity contribution in [1.82, 2.24) is 0 Å². The van der Waals surface area contributed by atoms with Gasteiger partial charge in [0.05, 0.1) is 0 Å². The summed E-state index contributed by atoms with van der Waals surface area (Å²) in [7, 11) is 0. The second-order valence-corrected chi connectivity index (χ2v) is 4.37. The van der Waals surface area contributed by atoms with Gasteiger partial charge in [-0.3, -0.25) is 0 Å². The molecule has 0 radical (unpaired) electrons. The third-order valence-corrected chi connectivity index (χ3v) is 2.58. The third kappa shape index (κ3) is 9.57. The van der Waals surface area contributed by atoms with Crippen LogP contribution < -0.4 is 0 Å². The molecule has 0 amide bonds. The number of hydrogen-bond acceptors (Lipinski definition) is 0. The van der Waals surface area contributed by atoms with Crippen molar-refractivity contribution in [3.8, 4) is 0 Å². The highest BCUT2D eigenvalue weighted by molar-refractivity contribution is 4.88. The summed E-state index contributed by atoms with van der Waals surface area (Å²) in [6.45, 7) is 10.5. The predicted molar refractivity (Wildman–Crippen MR) is 66.5 cm³/mol. The van der Waals surface area contributed by atoms with Crippen molar-refractivity contribution in [3.05, 3.63) is 24.3 Å². The molecule has 1 atom stereocenters. The Morgan fingerprint density at radius 2 is 2.00 bits per heavy atom. The molecule has 1 unspecified atom stereocenters. The molecule has 0 aliphatic carbocycles. The van der Waals surface area contributed by atoms with Gasteiger partial charge in [0.2, 0.25) is 0 Å². The Morgan fingerprint density at radius 3 is 2.57 bits per heavy atom. The first kappa shape index (κ1) is 13.5.